The van der Waals surface area contributed by atoms with Crippen molar-refractivity contribution in [2.45, 2.75) is 26.1 Å². The van der Waals surface area contributed by atoms with Crippen LogP contribution in [0.25, 0.3) is 16.9 Å². The summed E-state index contributed by atoms with van der Waals surface area (Å²) >= 11 is 0. The summed E-state index contributed by atoms with van der Waals surface area (Å²) in [5, 5.41) is 16.6. The van der Waals surface area contributed by atoms with Crippen LogP contribution < -0.4 is 16.4 Å². The third-order valence-corrected chi connectivity index (χ3v) is 6.05. The third-order valence-electron chi connectivity index (χ3n) is 6.05. The highest BCUT2D eigenvalue weighted by Gasteiger charge is 2.38. The second kappa shape index (κ2) is 15.6. The van der Waals surface area contributed by atoms with E-state index in [1.807, 2.05) is 13.0 Å². The summed E-state index contributed by atoms with van der Waals surface area (Å²) in [7, 11) is 1.47. The predicted molar refractivity (Wildman–Crippen MR) is 151 cm³/mol. The number of nitrogens with one attached hydrogen (secondary N) is 2. The van der Waals surface area contributed by atoms with Gasteiger partial charge in [0.1, 0.15) is 0 Å². The normalized spacial score (nSPS) is 11.2. The molecule has 4 rings (SSSR count). The number of nitrogens with two attached hydrogens (primary N) is 1. The van der Waals surface area contributed by atoms with Crippen molar-refractivity contribution < 1.29 is 37.3 Å². The zero-order valence-corrected chi connectivity index (χ0v) is 23.6. The van der Waals surface area contributed by atoms with Crippen molar-refractivity contribution in [2.24, 2.45) is 5.73 Å². The van der Waals surface area contributed by atoms with E-state index in [4.69, 9.17) is 25.1 Å². The number of carboxylic acid groups (broad SMARTS) is 1. The molecule has 0 bridgehead atoms. The number of anilines is 2. The Bertz CT molecular complexity index is 1510. The fourth-order valence-electron chi connectivity index (χ4n) is 4.16. The highest BCUT2D eigenvalue weighted by Crippen LogP contribution is 2.37. The number of hydrogen-bond donors (Lipinski definition) is 4. The first kappa shape index (κ1) is 33.0. The van der Waals surface area contributed by atoms with Gasteiger partial charge in [-0.2, -0.15) is 18.3 Å². The minimum absolute atomic E-state index is 0.106. The second-order valence-electron chi connectivity index (χ2n) is 8.87. The molecule has 0 spiro atoms. The van der Waals surface area contributed by atoms with Crippen molar-refractivity contribution in [3.8, 4) is 11.3 Å². The Morgan fingerprint density at radius 3 is 2.65 bits per heavy atom. The lowest BCUT2D eigenvalue weighted by atomic mass is 10.0. The zero-order valence-electron chi connectivity index (χ0n) is 23.6. The summed E-state index contributed by atoms with van der Waals surface area (Å²) < 4.78 is 54.5. The molecule has 1 aromatic carbocycles. The summed E-state index contributed by atoms with van der Waals surface area (Å²) in [6, 6.07) is 5.27. The molecule has 232 valence electrons. The zero-order chi connectivity index (χ0) is 31.4. The van der Waals surface area contributed by atoms with E-state index in [9.17, 15) is 18.0 Å². The lowest BCUT2D eigenvalue weighted by Gasteiger charge is -2.13. The fourth-order valence-corrected chi connectivity index (χ4v) is 4.16. The van der Waals surface area contributed by atoms with Crippen LogP contribution >= 0.6 is 0 Å². The number of carbonyl (C=O) groups excluding carboxylic acids is 1. The van der Waals surface area contributed by atoms with Crippen LogP contribution in [0.1, 0.15) is 28.5 Å². The van der Waals surface area contributed by atoms with E-state index >= 15 is 0 Å². The van der Waals surface area contributed by atoms with Gasteiger partial charge in [-0.3, -0.25) is 18.7 Å². The van der Waals surface area contributed by atoms with E-state index in [-0.39, 0.29) is 36.8 Å². The molecule has 0 radical (unpaired) electrons. The number of benzene rings is 1. The number of imidazole rings is 1. The summed E-state index contributed by atoms with van der Waals surface area (Å²) in [4.78, 5) is 29.7. The number of methoxy groups -OCH3 is 1. The molecular weight excluding hydrogens is 573 g/mol. The van der Waals surface area contributed by atoms with E-state index < -0.39 is 11.9 Å². The summed E-state index contributed by atoms with van der Waals surface area (Å²) in [6.07, 6.45) is 1.64. The maximum Gasteiger partial charge on any atom is 0.435 e. The molecule has 0 fully saturated rings. The number of carbonyl (C=O) groups is 2. The van der Waals surface area contributed by atoms with Gasteiger partial charge in [0.15, 0.2) is 17.2 Å². The van der Waals surface area contributed by atoms with Crippen LogP contribution in [0.2, 0.25) is 0 Å². The van der Waals surface area contributed by atoms with Gasteiger partial charge in [0.25, 0.3) is 12.4 Å². The van der Waals surface area contributed by atoms with E-state index in [1.54, 1.807) is 12.1 Å². The van der Waals surface area contributed by atoms with E-state index in [0.29, 0.717) is 55.4 Å². The van der Waals surface area contributed by atoms with Gasteiger partial charge in [-0.25, -0.2) is 9.97 Å². The Kier molecular flexibility index (Phi) is 12.0. The van der Waals surface area contributed by atoms with Gasteiger partial charge >= 0.3 is 6.18 Å². The number of alkyl halides is 3. The topological polar surface area (TPSA) is 171 Å². The van der Waals surface area contributed by atoms with Crippen molar-refractivity contribution in [3.05, 3.63) is 59.8 Å². The molecule has 0 aliphatic heterocycles. The maximum absolute atomic E-state index is 13.8. The SMILES string of the molecule is CCc1cc(Nc2nccn3c(-c4cn(CCOC)nc4C(F)(F)F)cnc23)ccc1C(=O)NCCOCCN.O=CO. The lowest BCUT2D eigenvalue weighted by Crippen LogP contribution is -2.28. The molecule has 0 saturated carbocycles. The minimum atomic E-state index is -4.66. The molecule has 43 heavy (non-hydrogen) atoms. The van der Waals surface area contributed by atoms with Gasteiger partial charge in [0, 0.05) is 50.0 Å². The molecule has 0 aliphatic rings. The molecule has 13 nitrogen and oxygen atoms in total. The monoisotopic (exact) mass is 606 g/mol. The first-order valence-electron chi connectivity index (χ1n) is 13.2. The quantitative estimate of drug-likeness (QED) is 0.131. The Balaban J connectivity index is 0.00000162. The third kappa shape index (κ3) is 8.50. The van der Waals surface area contributed by atoms with Crippen molar-refractivity contribution in [3.63, 3.8) is 0 Å². The van der Waals surface area contributed by atoms with Crippen LogP contribution in [0.15, 0.2) is 43.0 Å². The van der Waals surface area contributed by atoms with Crippen LogP contribution in [0.3, 0.4) is 0 Å². The summed E-state index contributed by atoms with van der Waals surface area (Å²) in [6.45, 7) is 3.64. The predicted octanol–water partition coefficient (Wildman–Crippen LogP) is 2.97. The Hall–Kier alpha value is -4.54. The summed E-state index contributed by atoms with van der Waals surface area (Å²) in [5.41, 5.74) is 6.80. The molecule has 16 heteroatoms. The number of ether oxygens (including phenoxy) is 2. The average molecular weight is 607 g/mol. The molecule has 5 N–H and O–H groups in total. The van der Waals surface area contributed by atoms with Crippen molar-refractivity contribution in [2.75, 3.05) is 45.3 Å². The van der Waals surface area contributed by atoms with E-state index in [0.717, 1.165) is 5.56 Å². The molecule has 0 unspecified atom stereocenters. The number of halogens is 3. The van der Waals surface area contributed by atoms with Crippen molar-refractivity contribution >= 4 is 29.5 Å². The van der Waals surface area contributed by atoms with E-state index in [1.165, 1.54) is 41.0 Å². The van der Waals surface area contributed by atoms with Crippen molar-refractivity contribution in [1.29, 1.82) is 0 Å². The molecular formula is C27H33F3N8O5. The minimum Gasteiger partial charge on any atom is -0.483 e. The fraction of sp³-hybridized carbons (Fsp3) is 0.370. The number of hydrogen-bond acceptors (Lipinski definition) is 9. The van der Waals surface area contributed by atoms with E-state index in [2.05, 4.69) is 25.7 Å². The highest BCUT2D eigenvalue weighted by molar-refractivity contribution is 5.96. The first-order chi connectivity index (χ1) is 20.7. The molecule has 4 aromatic rings. The molecule has 0 saturated heterocycles. The van der Waals surface area contributed by atoms with Crippen LogP contribution in [-0.2, 0) is 33.4 Å². The van der Waals surface area contributed by atoms with Crippen LogP contribution in [0, 0.1) is 0 Å². The van der Waals surface area contributed by atoms with Gasteiger partial charge in [0.2, 0.25) is 0 Å². The molecule has 3 aromatic heterocycles. The first-order valence-corrected chi connectivity index (χ1v) is 13.2. The Morgan fingerprint density at radius 2 is 1.98 bits per heavy atom. The number of amides is 1. The Labute approximate surface area is 244 Å². The largest absolute Gasteiger partial charge is 0.483 e. The average Bonchev–Trinajstić information content (AvgIpc) is 3.61. The molecule has 3 heterocycles. The highest BCUT2D eigenvalue weighted by atomic mass is 19.4. The van der Waals surface area contributed by atoms with Gasteiger partial charge in [-0.1, -0.05) is 6.92 Å². The number of fused-ring (bicyclic) bond motifs is 1. The maximum atomic E-state index is 13.8. The number of aryl methyl sites for hydroxylation is 1. The van der Waals surface area contributed by atoms with Gasteiger partial charge in [-0.15, -0.1) is 0 Å². The number of aromatic nitrogens is 5. The van der Waals surface area contributed by atoms with Crippen molar-refractivity contribution in [1.82, 2.24) is 29.5 Å². The number of nitrogens with zero attached hydrogens (tertiary/aromatic N) is 5. The lowest BCUT2D eigenvalue weighted by molar-refractivity contribution is -0.141. The smallest absolute Gasteiger partial charge is 0.435 e. The van der Waals surface area contributed by atoms with Gasteiger partial charge in [-0.05, 0) is 30.2 Å². The molecule has 1 amide bonds. The summed E-state index contributed by atoms with van der Waals surface area (Å²) in [5.74, 6) is 0.120. The second-order valence-corrected chi connectivity index (χ2v) is 8.87. The number of rotatable bonds is 13. The van der Waals surface area contributed by atoms with Crippen LogP contribution in [0.5, 0.6) is 0 Å². The van der Waals surface area contributed by atoms with Gasteiger partial charge < -0.3 is 30.9 Å². The van der Waals surface area contributed by atoms with Gasteiger partial charge in [0.05, 0.1) is 43.8 Å². The Morgan fingerprint density at radius 1 is 1.21 bits per heavy atom. The standard InChI is InChI=1S/C26H31F3N8O3.CH2O2/c1-3-17-14-18(4-5-19(17)25(38)32-8-12-40-11-6-30)34-23-24-33-15-21(37(24)9-7-31-23)20-16-36(10-13-39-2)35-22(20)26(27,28)29;2-1-3/h4-5,7,9,14-16H,3,6,8,10-13,30H2,1-2H3,(H,31,34)(H,32,38);1H,(H,2,3). The van der Waals surface area contributed by atoms with Crippen LogP contribution in [0.4, 0.5) is 24.7 Å². The molecule has 0 atom stereocenters. The molecule has 0 aliphatic carbocycles. The van der Waals surface area contributed by atoms with Crippen LogP contribution in [-0.4, -0.2) is 81.7 Å².